The molecule has 7 heteroatoms. The van der Waals surface area contributed by atoms with Crippen LogP contribution in [0.5, 0.6) is 0 Å². The van der Waals surface area contributed by atoms with Crippen LogP contribution in [0.4, 0.5) is 5.69 Å². The summed E-state index contributed by atoms with van der Waals surface area (Å²) in [6, 6.07) is 14.0. The first-order chi connectivity index (χ1) is 11.1. The van der Waals surface area contributed by atoms with Crippen molar-refractivity contribution >= 4 is 34.3 Å². The van der Waals surface area contributed by atoms with Crippen LogP contribution in [0.15, 0.2) is 48.5 Å². The quantitative estimate of drug-likeness (QED) is 0.596. The third-order valence-electron chi connectivity index (χ3n) is 3.30. The van der Waals surface area contributed by atoms with E-state index in [0.29, 0.717) is 16.6 Å². The summed E-state index contributed by atoms with van der Waals surface area (Å²) in [4.78, 5) is 32.3. The van der Waals surface area contributed by atoms with Gasteiger partial charge in [-0.1, -0.05) is 30.3 Å². The van der Waals surface area contributed by atoms with Crippen molar-refractivity contribution < 1.29 is 19.5 Å². The Hall–Kier alpha value is -3.48. The van der Waals surface area contributed by atoms with Crippen molar-refractivity contribution in [2.45, 2.75) is 0 Å². The standard InChI is InChI=1S/C8H6N2O2.C8H5NO2/c11-8(12)7-5-3-1-2-4-6(5)9-10-7;10-7-5-3-1-2-4-6(5)9-8(7)11/h1-4H,(H,9,10)(H,11,12);1-4H,(H,9,10,11). The minimum absolute atomic E-state index is 0.0746. The molecule has 2 heterocycles. The molecule has 4 rings (SSSR count). The van der Waals surface area contributed by atoms with Crippen LogP contribution in [-0.2, 0) is 4.79 Å². The Morgan fingerprint density at radius 1 is 1.00 bits per heavy atom. The van der Waals surface area contributed by atoms with Crippen molar-refractivity contribution in [3.8, 4) is 0 Å². The van der Waals surface area contributed by atoms with E-state index in [2.05, 4.69) is 15.5 Å². The number of H-pyrrole nitrogens is 1. The maximum absolute atomic E-state index is 11.0. The van der Waals surface area contributed by atoms with Gasteiger partial charge in [-0.25, -0.2) is 4.79 Å². The number of hydrogen-bond donors (Lipinski definition) is 3. The van der Waals surface area contributed by atoms with E-state index < -0.39 is 17.7 Å². The van der Waals surface area contributed by atoms with Crippen LogP contribution >= 0.6 is 0 Å². The van der Waals surface area contributed by atoms with Crippen molar-refractivity contribution in [2.24, 2.45) is 0 Å². The molecule has 0 atom stereocenters. The molecule has 0 saturated heterocycles. The molecule has 3 N–H and O–H groups in total. The number of aromatic amines is 1. The minimum atomic E-state index is -1.01. The number of para-hydroxylation sites is 2. The van der Waals surface area contributed by atoms with Crippen LogP contribution in [0.3, 0.4) is 0 Å². The monoisotopic (exact) mass is 309 g/mol. The maximum atomic E-state index is 11.0. The van der Waals surface area contributed by atoms with Crippen LogP contribution in [0, 0.1) is 0 Å². The molecule has 0 bridgehead atoms. The molecular formula is C16H11N3O4. The maximum Gasteiger partial charge on any atom is 0.357 e. The average Bonchev–Trinajstić information content (AvgIpc) is 3.10. The van der Waals surface area contributed by atoms with Gasteiger partial charge in [0.1, 0.15) is 0 Å². The smallest absolute Gasteiger partial charge is 0.357 e. The van der Waals surface area contributed by atoms with E-state index in [1.54, 1.807) is 42.5 Å². The van der Waals surface area contributed by atoms with Crippen molar-refractivity contribution in [1.82, 2.24) is 10.2 Å². The van der Waals surface area contributed by atoms with Gasteiger partial charge in [0.05, 0.1) is 16.8 Å². The Labute approximate surface area is 129 Å². The number of anilines is 1. The van der Waals surface area contributed by atoms with Crippen molar-refractivity contribution in [1.29, 1.82) is 0 Å². The van der Waals surface area contributed by atoms with Gasteiger partial charge in [-0.2, -0.15) is 5.10 Å². The number of aromatic carboxylic acids is 1. The highest BCUT2D eigenvalue weighted by Gasteiger charge is 2.26. The lowest BCUT2D eigenvalue weighted by molar-refractivity contribution is -0.112. The SMILES string of the molecule is O=C(O)c1n[nH]c2ccccc12.O=C1Nc2ccccc2C1=O. The van der Waals surface area contributed by atoms with E-state index in [4.69, 9.17) is 5.11 Å². The second-order valence-corrected chi connectivity index (χ2v) is 4.75. The zero-order valence-corrected chi connectivity index (χ0v) is 11.7. The number of aromatic nitrogens is 2. The molecule has 0 fully saturated rings. The zero-order chi connectivity index (χ0) is 16.4. The van der Waals surface area contributed by atoms with E-state index in [1.165, 1.54) is 0 Å². The molecule has 0 radical (unpaired) electrons. The van der Waals surface area contributed by atoms with Crippen LogP contribution < -0.4 is 5.32 Å². The van der Waals surface area contributed by atoms with Crippen molar-refractivity contribution in [3.05, 3.63) is 59.8 Å². The average molecular weight is 309 g/mol. The highest BCUT2D eigenvalue weighted by Crippen LogP contribution is 2.21. The van der Waals surface area contributed by atoms with E-state index in [-0.39, 0.29) is 5.69 Å². The normalized spacial score (nSPS) is 12.3. The van der Waals surface area contributed by atoms with Gasteiger partial charge in [0.15, 0.2) is 5.69 Å². The summed E-state index contributed by atoms with van der Waals surface area (Å²) in [5.41, 5.74) is 1.90. The lowest BCUT2D eigenvalue weighted by atomic mass is 10.1. The first-order valence-corrected chi connectivity index (χ1v) is 6.69. The van der Waals surface area contributed by atoms with Crippen LogP contribution in [0.25, 0.3) is 10.9 Å². The lowest BCUT2D eigenvalue weighted by Gasteiger charge is -1.91. The Balaban J connectivity index is 0.000000136. The number of Topliss-reactive ketones (excluding diaryl/α,β-unsaturated/α-hetero) is 1. The van der Waals surface area contributed by atoms with E-state index in [0.717, 1.165) is 5.52 Å². The molecule has 3 aromatic rings. The summed E-state index contributed by atoms with van der Waals surface area (Å²) in [5, 5.41) is 18.1. The fourth-order valence-electron chi connectivity index (χ4n) is 2.22. The zero-order valence-electron chi connectivity index (χ0n) is 11.7. The van der Waals surface area contributed by atoms with Crippen LogP contribution in [-0.4, -0.2) is 33.0 Å². The Morgan fingerprint density at radius 2 is 1.70 bits per heavy atom. The second-order valence-electron chi connectivity index (χ2n) is 4.75. The molecule has 2 aromatic carbocycles. The van der Waals surface area contributed by atoms with Gasteiger partial charge in [0.2, 0.25) is 0 Å². The van der Waals surface area contributed by atoms with Crippen molar-refractivity contribution in [2.75, 3.05) is 5.32 Å². The third-order valence-corrected chi connectivity index (χ3v) is 3.30. The largest absolute Gasteiger partial charge is 0.476 e. The van der Waals surface area contributed by atoms with E-state index >= 15 is 0 Å². The number of carbonyl (C=O) groups excluding carboxylic acids is 2. The molecule has 1 aromatic heterocycles. The number of amides is 1. The molecule has 0 aliphatic carbocycles. The fraction of sp³-hybridized carbons (Fsp3) is 0. The summed E-state index contributed by atoms with van der Waals surface area (Å²) in [6.07, 6.45) is 0. The van der Waals surface area contributed by atoms with Gasteiger partial charge in [-0.15, -0.1) is 0 Å². The molecule has 0 unspecified atom stereocenters. The molecular weight excluding hydrogens is 298 g/mol. The number of hydrogen-bond acceptors (Lipinski definition) is 4. The van der Waals surface area contributed by atoms with Crippen LogP contribution in [0.2, 0.25) is 0 Å². The summed E-state index contributed by atoms with van der Waals surface area (Å²) in [6.45, 7) is 0. The highest BCUT2D eigenvalue weighted by molar-refractivity contribution is 6.51. The first-order valence-electron chi connectivity index (χ1n) is 6.69. The van der Waals surface area contributed by atoms with E-state index in [9.17, 15) is 14.4 Å². The molecule has 114 valence electrons. The third kappa shape index (κ3) is 2.67. The minimum Gasteiger partial charge on any atom is -0.476 e. The van der Waals surface area contributed by atoms with Crippen molar-refractivity contribution in [3.63, 3.8) is 0 Å². The molecule has 0 spiro atoms. The summed E-state index contributed by atoms with van der Waals surface area (Å²) >= 11 is 0. The van der Waals surface area contributed by atoms with Crippen LogP contribution in [0.1, 0.15) is 20.8 Å². The Bertz CT molecular complexity index is 930. The lowest BCUT2D eigenvalue weighted by Crippen LogP contribution is -2.12. The topological polar surface area (TPSA) is 112 Å². The van der Waals surface area contributed by atoms with Gasteiger partial charge in [0.25, 0.3) is 11.7 Å². The number of carboxylic acid groups (broad SMARTS) is 1. The van der Waals surface area contributed by atoms with E-state index in [1.807, 2.05) is 6.07 Å². The number of ketones is 1. The molecule has 1 amide bonds. The highest BCUT2D eigenvalue weighted by atomic mass is 16.4. The predicted molar refractivity (Wildman–Crippen MR) is 82.5 cm³/mol. The number of nitrogens with zero attached hydrogens (tertiary/aromatic N) is 1. The number of benzene rings is 2. The van der Waals surface area contributed by atoms with Gasteiger partial charge < -0.3 is 10.4 Å². The summed E-state index contributed by atoms with van der Waals surface area (Å²) < 4.78 is 0. The second kappa shape index (κ2) is 5.72. The molecule has 7 nitrogen and oxygen atoms in total. The molecule has 23 heavy (non-hydrogen) atoms. The number of rotatable bonds is 1. The molecule has 0 saturated carbocycles. The van der Waals surface area contributed by atoms with Gasteiger partial charge >= 0.3 is 5.97 Å². The Kier molecular flexibility index (Phi) is 3.60. The molecule has 1 aliphatic rings. The Morgan fingerprint density at radius 3 is 2.43 bits per heavy atom. The fourth-order valence-corrected chi connectivity index (χ4v) is 2.22. The van der Waals surface area contributed by atoms with Gasteiger partial charge in [-0.05, 0) is 18.2 Å². The predicted octanol–water partition coefficient (Wildman–Crippen LogP) is 2.08. The van der Waals surface area contributed by atoms with Gasteiger partial charge in [-0.3, -0.25) is 14.7 Å². The molecule has 1 aliphatic heterocycles. The number of carboxylic acids is 1. The summed E-state index contributed by atoms with van der Waals surface area (Å²) in [5.74, 6) is -1.99. The first kappa shape index (κ1) is 14.5. The number of carbonyl (C=O) groups is 3. The number of nitrogens with one attached hydrogen (secondary N) is 2. The number of fused-ring (bicyclic) bond motifs is 2. The van der Waals surface area contributed by atoms with Gasteiger partial charge in [0, 0.05) is 5.39 Å². The summed E-state index contributed by atoms with van der Waals surface area (Å²) in [7, 11) is 0.